The van der Waals surface area contributed by atoms with Gasteiger partial charge in [0, 0.05) is 12.7 Å². The van der Waals surface area contributed by atoms with E-state index < -0.39 is 0 Å². The molecule has 0 spiro atoms. The second kappa shape index (κ2) is 6.75. The molecule has 17 heavy (non-hydrogen) atoms. The lowest BCUT2D eigenvalue weighted by Crippen LogP contribution is -2.10. The van der Waals surface area contributed by atoms with Gasteiger partial charge in [0.2, 0.25) is 0 Å². The van der Waals surface area contributed by atoms with Crippen molar-refractivity contribution in [2.24, 2.45) is 0 Å². The first-order valence-electron chi connectivity index (χ1n) is 5.33. The lowest BCUT2D eigenvalue weighted by atomic mass is 10.1. The van der Waals surface area contributed by atoms with Crippen LogP contribution in [-0.4, -0.2) is 26.5 Å². The molecular formula is C12H17NO4. The number of carbonyl (C=O) groups is 1. The van der Waals surface area contributed by atoms with Crippen molar-refractivity contribution in [2.75, 3.05) is 26.2 Å². The Morgan fingerprint density at radius 3 is 2.82 bits per heavy atom. The quantitative estimate of drug-likeness (QED) is 0.461. The van der Waals surface area contributed by atoms with E-state index in [9.17, 15) is 4.79 Å². The second-order valence-corrected chi connectivity index (χ2v) is 3.37. The number of anilines is 1. The van der Waals surface area contributed by atoms with Gasteiger partial charge in [0.1, 0.15) is 5.75 Å². The van der Waals surface area contributed by atoms with Crippen LogP contribution in [0.15, 0.2) is 18.2 Å². The number of hydrogen-bond donors (Lipinski definition) is 1. The average molecular weight is 239 g/mol. The number of nitrogens with two attached hydrogens (primary N) is 1. The predicted molar refractivity (Wildman–Crippen MR) is 63.7 cm³/mol. The second-order valence-electron chi connectivity index (χ2n) is 3.37. The van der Waals surface area contributed by atoms with E-state index in [0.717, 1.165) is 0 Å². The maximum absolute atomic E-state index is 11.4. The molecule has 5 nitrogen and oxygen atoms in total. The van der Waals surface area contributed by atoms with Crippen molar-refractivity contribution in [3.63, 3.8) is 0 Å². The molecule has 0 aliphatic carbocycles. The highest BCUT2D eigenvalue weighted by Crippen LogP contribution is 2.27. The molecule has 0 unspecified atom stereocenters. The topological polar surface area (TPSA) is 70.8 Å². The average Bonchev–Trinajstić information content (AvgIpc) is 2.28. The van der Waals surface area contributed by atoms with Gasteiger partial charge in [-0.15, -0.1) is 0 Å². The lowest BCUT2D eigenvalue weighted by molar-refractivity contribution is -0.142. The first-order chi connectivity index (χ1) is 8.19. The Balaban J connectivity index is 2.82. The molecular weight excluding hydrogens is 222 g/mol. The number of ether oxygens (including phenoxy) is 3. The number of carbonyl (C=O) groups excluding carboxylic acids is 1. The molecule has 1 rings (SSSR count). The zero-order chi connectivity index (χ0) is 12.7. The number of para-hydroxylation sites is 1. The molecule has 0 bridgehead atoms. The molecule has 2 N–H and O–H groups in total. The molecule has 94 valence electrons. The van der Waals surface area contributed by atoms with Crippen LogP contribution in [0.2, 0.25) is 0 Å². The summed E-state index contributed by atoms with van der Waals surface area (Å²) >= 11 is 0. The van der Waals surface area contributed by atoms with Crippen molar-refractivity contribution >= 4 is 11.7 Å². The van der Waals surface area contributed by atoms with Gasteiger partial charge < -0.3 is 19.9 Å². The Hall–Kier alpha value is -1.75. The van der Waals surface area contributed by atoms with Crippen LogP contribution in [0.3, 0.4) is 0 Å². The lowest BCUT2D eigenvalue weighted by Gasteiger charge is -2.12. The van der Waals surface area contributed by atoms with Gasteiger partial charge >= 0.3 is 5.97 Å². The number of hydrogen-bond acceptors (Lipinski definition) is 5. The van der Waals surface area contributed by atoms with Gasteiger partial charge in [-0.1, -0.05) is 12.1 Å². The Morgan fingerprint density at radius 2 is 2.18 bits per heavy atom. The fraction of sp³-hybridized carbons (Fsp3) is 0.417. The van der Waals surface area contributed by atoms with E-state index in [1.165, 1.54) is 7.11 Å². The molecule has 0 radical (unpaired) electrons. The van der Waals surface area contributed by atoms with Gasteiger partial charge in [0.15, 0.2) is 6.79 Å². The highest BCUT2D eigenvalue weighted by molar-refractivity contribution is 5.75. The zero-order valence-corrected chi connectivity index (χ0v) is 10.1. The van der Waals surface area contributed by atoms with E-state index in [-0.39, 0.29) is 19.2 Å². The summed E-state index contributed by atoms with van der Waals surface area (Å²) in [5, 5.41) is 0. The molecule has 1 aromatic rings. The monoisotopic (exact) mass is 239 g/mol. The number of benzene rings is 1. The normalized spacial score (nSPS) is 10.0. The summed E-state index contributed by atoms with van der Waals surface area (Å²) in [6, 6.07) is 5.25. The van der Waals surface area contributed by atoms with Crippen LogP contribution in [0.1, 0.15) is 12.5 Å². The number of rotatable bonds is 6. The standard InChI is InChI=1S/C12H17NO4/c1-3-16-11(14)7-9-5-4-6-10(13)12(9)17-8-15-2/h4-6H,3,7-8,13H2,1-2H3. The first-order valence-corrected chi connectivity index (χ1v) is 5.33. The van der Waals surface area contributed by atoms with Crippen molar-refractivity contribution in [3.05, 3.63) is 23.8 Å². The maximum atomic E-state index is 11.4. The van der Waals surface area contributed by atoms with Gasteiger partial charge in [0.05, 0.1) is 18.7 Å². The fourth-order valence-electron chi connectivity index (χ4n) is 1.41. The Labute approximate surface area is 100 Å². The summed E-state index contributed by atoms with van der Waals surface area (Å²) in [7, 11) is 1.52. The van der Waals surface area contributed by atoms with Gasteiger partial charge in [-0.25, -0.2) is 0 Å². The highest BCUT2D eigenvalue weighted by Gasteiger charge is 2.12. The summed E-state index contributed by atoms with van der Waals surface area (Å²) < 4.78 is 15.0. The van der Waals surface area contributed by atoms with Gasteiger partial charge in [-0.3, -0.25) is 4.79 Å². The smallest absolute Gasteiger partial charge is 0.310 e. The third-order valence-electron chi connectivity index (χ3n) is 2.09. The third kappa shape index (κ3) is 3.96. The largest absolute Gasteiger partial charge is 0.466 e. The maximum Gasteiger partial charge on any atom is 0.310 e. The van der Waals surface area contributed by atoms with Crippen LogP contribution in [0.25, 0.3) is 0 Å². The fourth-order valence-corrected chi connectivity index (χ4v) is 1.41. The van der Waals surface area contributed by atoms with Crippen LogP contribution in [0.5, 0.6) is 5.75 Å². The summed E-state index contributed by atoms with van der Waals surface area (Å²) in [5.41, 5.74) is 6.95. The first kappa shape index (κ1) is 13.3. The Morgan fingerprint density at radius 1 is 1.41 bits per heavy atom. The van der Waals surface area contributed by atoms with Crippen molar-refractivity contribution in [2.45, 2.75) is 13.3 Å². The molecule has 0 aromatic heterocycles. The van der Waals surface area contributed by atoms with Crippen molar-refractivity contribution < 1.29 is 19.0 Å². The van der Waals surface area contributed by atoms with Gasteiger partial charge in [-0.2, -0.15) is 0 Å². The molecule has 1 aromatic carbocycles. The molecule has 5 heteroatoms. The minimum absolute atomic E-state index is 0.0873. The van der Waals surface area contributed by atoms with Crippen LogP contribution in [0, 0.1) is 0 Å². The minimum Gasteiger partial charge on any atom is -0.466 e. The number of nitrogen functional groups attached to an aromatic ring is 1. The highest BCUT2D eigenvalue weighted by atomic mass is 16.7. The summed E-state index contributed by atoms with van der Waals surface area (Å²) in [6.07, 6.45) is 0.137. The number of esters is 1. The molecule has 0 heterocycles. The molecule has 0 saturated carbocycles. The number of methoxy groups -OCH3 is 1. The molecule has 0 atom stereocenters. The predicted octanol–water partition coefficient (Wildman–Crippen LogP) is 1.36. The SMILES string of the molecule is CCOC(=O)Cc1cccc(N)c1OCOC. The van der Waals surface area contributed by atoms with Crippen molar-refractivity contribution in [1.29, 1.82) is 0 Å². The van der Waals surface area contributed by atoms with E-state index in [0.29, 0.717) is 23.6 Å². The Kier molecular flexibility index (Phi) is 5.29. The van der Waals surface area contributed by atoms with E-state index in [2.05, 4.69) is 0 Å². The summed E-state index contributed by atoms with van der Waals surface area (Å²) in [6.45, 7) is 2.21. The van der Waals surface area contributed by atoms with Gasteiger partial charge in [0.25, 0.3) is 0 Å². The van der Waals surface area contributed by atoms with E-state index >= 15 is 0 Å². The zero-order valence-electron chi connectivity index (χ0n) is 10.1. The third-order valence-corrected chi connectivity index (χ3v) is 2.09. The van der Waals surface area contributed by atoms with E-state index in [4.69, 9.17) is 19.9 Å². The minimum atomic E-state index is -0.305. The van der Waals surface area contributed by atoms with Crippen molar-refractivity contribution in [3.8, 4) is 5.75 Å². The molecule has 0 saturated heterocycles. The molecule has 0 amide bonds. The molecule has 0 aliphatic rings. The molecule has 0 fully saturated rings. The van der Waals surface area contributed by atoms with E-state index in [1.54, 1.807) is 25.1 Å². The van der Waals surface area contributed by atoms with Crippen LogP contribution < -0.4 is 10.5 Å². The Bertz CT molecular complexity index is 379. The molecule has 0 aliphatic heterocycles. The van der Waals surface area contributed by atoms with Crippen LogP contribution >= 0.6 is 0 Å². The summed E-state index contributed by atoms with van der Waals surface area (Å²) in [4.78, 5) is 11.4. The van der Waals surface area contributed by atoms with Crippen molar-refractivity contribution in [1.82, 2.24) is 0 Å². The van der Waals surface area contributed by atoms with Crippen LogP contribution in [-0.2, 0) is 20.7 Å². The van der Waals surface area contributed by atoms with Crippen LogP contribution in [0.4, 0.5) is 5.69 Å². The summed E-state index contributed by atoms with van der Waals surface area (Å²) in [5.74, 6) is 0.169. The van der Waals surface area contributed by atoms with E-state index in [1.807, 2.05) is 0 Å². The van der Waals surface area contributed by atoms with Gasteiger partial charge in [-0.05, 0) is 13.0 Å².